The highest BCUT2D eigenvalue weighted by molar-refractivity contribution is 5.98. The molecule has 1 atom stereocenters. The van der Waals surface area contributed by atoms with E-state index in [1.54, 1.807) is 13.1 Å². The Morgan fingerprint density at radius 3 is 2.96 bits per heavy atom. The number of primary amides is 1. The first-order chi connectivity index (χ1) is 13.2. The predicted octanol–water partition coefficient (Wildman–Crippen LogP) is 1.90. The summed E-state index contributed by atoms with van der Waals surface area (Å²) < 4.78 is 7.10. The molecule has 1 aliphatic rings. The zero-order valence-corrected chi connectivity index (χ0v) is 15.0. The van der Waals surface area contributed by atoms with Gasteiger partial charge in [0.25, 0.3) is 5.91 Å². The van der Waals surface area contributed by atoms with Crippen molar-refractivity contribution in [2.75, 3.05) is 30.9 Å². The summed E-state index contributed by atoms with van der Waals surface area (Å²) in [4.78, 5) is 20.8. The number of hydrogen-bond donors (Lipinski definition) is 3. The first-order valence-electron chi connectivity index (χ1n) is 8.84. The third-order valence-corrected chi connectivity index (χ3v) is 4.60. The molecule has 9 heteroatoms. The van der Waals surface area contributed by atoms with Gasteiger partial charge in [-0.2, -0.15) is 9.61 Å². The Morgan fingerprint density at radius 2 is 2.22 bits per heavy atom. The fourth-order valence-electron chi connectivity index (χ4n) is 3.23. The van der Waals surface area contributed by atoms with Crippen LogP contribution in [0.25, 0.3) is 5.65 Å². The molecule has 3 aromatic heterocycles. The van der Waals surface area contributed by atoms with E-state index in [4.69, 9.17) is 15.5 Å². The molecule has 0 radical (unpaired) electrons. The van der Waals surface area contributed by atoms with Crippen LogP contribution in [0.15, 0.2) is 30.5 Å². The second-order valence-electron chi connectivity index (χ2n) is 6.42. The number of rotatable bonds is 5. The lowest BCUT2D eigenvalue weighted by Gasteiger charge is -2.22. The molecular formula is C18H21N7O2. The van der Waals surface area contributed by atoms with Gasteiger partial charge >= 0.3 is 0 Å². The summed E-state index contributed by atoms with van der Waals surface area (Å²) in [5.74, 6) is 1.62. The zero-order valence-electron chi connectivity index (χ0n) is 15.0. The maximum absolute atomic E-state index is 11.6. The minimum Gasteiger partial charge on any atom is -0.381 e. The van der Waals surface area contributed by atoms with Crippen LogP contribution >= 0.6 is 0 Å². The molecule has 1 fully saturated rings. The number of amides is 1. The molecule has 0 spiro atoms. The van der Waals surface area contributed by atoms with Crippen molar-refractivity contribution < 1.29 is 9.53 Å². The van der Waals surface area contributed by atoms with Crippen molar-refractivity contribution >= 4 is 29.0 Å². The maximum Gasteiger partial charge on any atom is 0.254 e. The van der Waals surface area contributed by atoms with E-state index < -0.39 is 5.91 Å². The number of nitrogens with one attached hydrogen (secondary N) is 2. The highest BCUT2D eigenvalue weighted by Crippen LogP contribution is 2.26. The van der Waals surface area contributed by atoms with E-state index in [0.29, 0.717) is 35.6 Å². The molecule has 140 valence electrons. The number of pyridine rings is 1. The highest BCUT2D eigenvalue weighted by Gasteiger charge is 2.18. The molecule has 0 bridgehead atoms. The van der Waals surface area contributed by atoms with Crippen LogP contribution in [-0.4, -0.2) is 45.8 Å². The van der Waals surface area contributed by atoms with Gasteiger partial charge in [-0.3, -0.25) is 4.79 Å². The van der Waals surface area contributed by atoms with Crippen molar-refractivity contribution in [3.05, 3.63) is 41.7 Å². The van der Waals surface area contributed by atoms with Crippen LogP contribution in [-0.2, 0) is 4.74 Å². The van der Waals surface area contributed by atoms with E-state index in [9.17, 15) is 4.79 Å². The third-order valence-electron chi connectivity index (χ3n) is 4.60. The minimum atomic E-state index is -0.575. The van der Waals surface area contributed by atoms with Gasteiger partial charge in [0.2, 0.25) is 0 Å². The molecule has 1 aliphatic heterocycles. The van der Waals surface area contributed by atoms with Gasteiger partial charge in [0.05, 0.1) is 12.8 Å². The van der Waals surface area contributed by atoms with Crippen molar-refractivity contribution in [2.45, 2.75) is 18.8 Å². The van der Waals surface area contributed by atoms with Gasteiger partial charge in [-0.1, -0.05) is 6.07 Å². The molecule has 1 amide bonds. The second-order valence-corrected chi connectivity index (χ2v) is 6.42. The monoisotopic (exact) mass is 367 g/mol. The number of hydrogen-bond acceptors (Lipinski definition) is 7. The Balaban J connectivity index is 1.67. The minimum absolute atomic E-state index is 0.260. The summed E-state index contributed by atoms with van der Waals surface area (Å²) in [5, 5.41) is 10.4. The maximum atomic E-state index is 11.6. The first kappa shape index (κ1) is 17.2. The van der Waals surface area contributed by atoms with Gasteiger partial charge in [0.15, 0.2) is 5.65 Å². The van der Waals surface area contributed by atoms with Crippen molar-refractivity contribution in [1.82, 2.24) is 19.6 Å². The van der Waals surface area contributed by atoms with Gasteiger partial charge in [0, 0.05) is 31.3 Å². The lowest BCUT2D eigenvalue weighted by molar-refractivity contribution is 0.0793. The van der Waals surface area contributed by atoms with Crippen molar-refractivity contribution in [2.24, 2.45) is 5.73 Å². The van der Waals surface area contributed by atoms with E-state index in [2.05, 4.69) is 20.7 Å². The number of carbonyl (C=O) groups excluding carboxylic acids is 1. The zero-order chi connectivity index (χ0) is 18.8. The number of nitrogens with zero attached hydrogens (tertiary/aromatic N) is 4. The van der Waals surface area contributed by atoms with E-state index in [-0.39, 0.29) is 5.56 Å². The van der Waals surface area contributed by atoms with Crippen LogP contribution < -0.4 is 16.4 Å². The quantitative estimate of drug-likeness (QED) is 0.630. The molecule has 4 N–H and O–H groups in total. The van der Waals surface area contributed by atoms with E-state index in [1.165, 1.54) is 10.7 Å². The standard InChI is InChI=1S/C18H21N7O2/c1-20-16-8-15(24-18-12(17(19)26)9-21-25(16)18)23-14-6-2-5-13(22-14)11-4-3-7-27-10-11/h2,5-6,8-9,11,20H,3-4,7,10H2,1H3,(H2,19,26)(H,22,23,24). The molecule has 0 aromatic carbocycles. The number of anilines is 3. The Morgan fingerprint density at radius 1 is 1.33 bits per heavy atom. The van der Waals surface area contributed by atoms with Crippen molar-refractivity contribution in [3.8, 4) is 0 Å². The van der Waals surface area contributed by atoms with Crippen LogP contribution in [0.1, 0.15) is 34.8 Å². The fraction of sp³-hybridized carbons (Fsp3) is 0.333. The Hall–Kier alpha value is -3.20. The second kappa shape index (κ2) is 7.20. The lowest BCUT2D eigenvalue weighted by Crippen LogP contribution is -2.16. The molecule has 1 unspecified atom stereocenters. The number of ether oxygens (including phenoxy) is 1. The number of aromatic nitrogens is 4. The smallest absolute Gasteiger partial charge is 0.254 e. The van der Waals surface area contributed by atoms with E-state index in [1.807, 2.05) is 18.2 Å². The molecular weight excluding hydrogens is 346 g/mol. The van der Waals surface area contributed by atoms with Gasteiger partial charge in [-0.25, -0.2) is 9.97 Å². The fourth-order valence-corrected chi connectivity index (χ4v) is 3.23. The molecule has 4 heterocycles. The summed E-state index contributed by atoms with van der Waals surface area (Å²) in [6, 6.07) is 7.65. The molecule has 3 aromatic rings. The van der Waals surface area contributed by atoms with E-state index >= 15 is 0 Å². The predicted molar refractivity (Wildman–Crippen MR) is 101 cm³/mol. The Labute approximate surface area is 155 Å². The molecule has 4 rings (SSSR count). The Bertz CT molecular complexity index is 979. The Kier molecular flexibility index (Phi) is 4.59. The summed E-state index contributed by atoms with van der Waals surface area (Å²) in [7, 11) is 1.77. The summed E-state index contributed by atoms with van der Waals surface area (Å²) in [6.45, 7) is 1.51. The lowest BCUT2D eigenvalue weighted by atomic mass is 9.98. The van der Waals surface area contributed by atoms with E-state index in [0.717, 1.165) is 25.1 Å². The van der Waals surface area contributed by atoms with Crippen LogP contribution in [0, 0.1) is 0 Å². The SMILES string of the molecule is CNc1cc(Nc2cccc(C3CCCOC3)n2)nc2c(C(N)=O)cnn12. The summed E-state index contributed by atoms with van der Waals surface area (Å²) in [5.41, 5.74) is 7.06. The number of nitrogens with two attached hydrogens (primary N) is 1. The van der Waals surface area contributed by atoms with Gasteiger partial charge in [-0.05, 0) is 25.0 Å². The van der Waals surface area contributed by atoms with Gasteiger partial charge < -0.3 is 21.1 Å². The average Bonchev–Trinajstić information content (AvgIpc) is 3.12. The molecule has 9 nitrogen and oxygen atoms in total. The topological polar surface area (TPSA) is 119 Å². The highest BCUT2D eigenvalue weighted by atomic mass is 16.5. The largest absolute Gasteiger partial charge is 0.381 e. The summed E-state index contributed by atoms with van der Waals surface area (Å²) >= 11 is 0. The molecule has 1 saturated heterocycles. The van der Waals surface area contributed by atoms with Crippen LogP contribution in [0.2, 0.25) is 0 Å². The normalized spacial score (nSPS) is 17.0. The molecule has 0 aliphatic carbocycles. The van der Waals surface area contributed by atoms with Crippen molar-refractivity contribution in [1.29, 1.82) is 0 Å². The van der Waals surface area contributed by atoms with Crippen LogP contribution in [0.5, 0.6) is 0 Å². The van der Waals surface area contributed by atoms with Crippen molar-refractivity contribution in [3.63, 3.8) is 0 Å². The van der Waals surface area contributed by atoms with Gasteiger partial charge in [0.1, 0.15) is 23.0 Å². The summed E-state index contributed by atoms with van der Waals surface area (Å²) in [6.07, 6.45) is 3.53. The van der Waals surface area contributed by atoms with Crippen LogP contribution in [0.4, 0.5) is 17.5 Å². The van der Waals surface area contributed by atoms with Crippen LogP contribution in [0.3, 0.4) is 0 Å². The average molecular weight is 367 g/mol. The number of carbonyl (C=O) groups is 1. The van der Waals surface area contributed by atoms with Gasteiger partial charge in [-0.15, -0.1) is 0 Å². The molecule has 27 heavy (non-hydrogen) atoms. The molecule has 0 saturated carbocycles. The first-order valence-corrected chi connectivity index (χ1v) is 8.84. The number of fused-ring (bicyclic) bond motifs is 1. The third kappa shape index (κ3) is 3.41.